The van der Waals surface area contributed by atoms with Gasteiger partial charge in [-0.3, -0.25) is 0 Å². The molecule has 0 bridgehead atoms. The maximum absolute atomic E-state index is 13.0. The minimum absolute atomic E-state index is 0.0435. The van der Waals surface area contributed by atoms with E-state index in [4.69, 9.17) is 15.2 Å². The van der Waals surface area contributed by atoms with Crippen molar-refractivity contribution in [2.75, 3.05) is 20.0 Å². The molecule has 0 aliphatic heterocycles. The third-order valence-electron chi connectivity index (χ3n) is 4.18. The van der Waals surface area contributed by atoms with E-state index in [0.717, 1.165) is 5.56 Å². The van der Waals surface area contributed by atoms with Crippen molar-refractivity contribution in [2.24, 2.45) is 0 Å². The Morgan fingerprint density at radius 3 is 2.57 bits per heavy atom. The molecular formula is C19H22N4O4S. The summed E-state index contributed by atoms with van der Waals surface area (Å²) in [5.74, 6) is 1.15. The predicted octanol–water partition coefficient (Wildman–Crippen LogP) is 2.26. The molecule has 3 N–H and O–H groups in total. The molecule has 0 spiro atoms. The number of hydrogen-bond acceptors (Lipinski definition) is 6. The number of aromatic nitrogens is 2. The SMILES string of the molecule is COc1ccc(CNS(=O)(=O)c2cc(N)ccc2-n2cc(C)cn2)c(OC)c1. The quantitative estimate of drug-likeness (QED) is 0.587. The standard InChI is InChI=1S/C19H22N4O4S/c1-13-10-21-23(12-13)17-7-5-15(20)8-19(17)28(24,25)22-11-14-4-6-16(26-2)9-18(14)27-3/h4-10,12,22H,11,20H2,1-3H3. The van der Waals surface area contributed by atoms with E-state index in [1.54, 1.807) is 49.8 Å². The van der Waals surface area contributed by atoms with Crippen LogP contribution in [-0.4, -0.2) is 32.4 Å². The maximum Gasteiger partial charge on any atom is 0.243 e. The van der Waals surface area contributed by atoms with Crippen molar-refractivity contribution in [1.82, 2.24) is 14.5 Å². The van der Waals surface area contributed by atoms with Crippen molar-refractivity contribution in [3.8, 4) is 17.2 Å². The van der Waals surface area contributed by atoms with Crippen LogP contribution in [0.5, 0.6) is 11.5 Å². The summed E-state index contributed by atoms with van der Waals surface area (Å²) >= 11 is 0. The molecule has 8 nitrogen and oxygen atoms in total. The molecule has 2 aromatic carbocycles. The van der Waals surface area contributed by atoms with Gasteiger partial charge in [0.15, 0.2) is 0 Å². The van der Waals surface area contributed by atoms with E-state index in [2.05, 4.69) is 9.82 Å². The lowest BCUT2D eigenvalue weighted by Crippen LogP contribution is -2.25. The van der Waals surface area contributed by atoms with Gasteiger partial charge in [-0.2, -0.15) is 5.10 Å². The van der Waals surface area contributed by atoms with Gasteiger partial charge >= 0.3 is 0 Å². The Balaban J connectivity index is 1.93. The molecule has 0 saturated heterocycles. The highest BCUT2D eigenvalue weighted by Crippen LogP contribution is 2.26. The van der Waals surface area contributed by atoms with Gasteiger partial charge in [-0.05, 0) is 36.8 Å². The molecule has 0 aliphatic carbocycles. The molecule has 0 unspecified atom stereocenters. The van der Waals surface area contributed by atoms with Crippen molar-refractivity contribution in [2.45, 2.75) is 18.4 Å². The van der Waals surface area contributed by atoms with Gasteiger partial charge in [0.2, 0.25) is 10.0 Å². The third-order valence-corrected chi connectivity index (χ3v) is 5.61. The van der Waals surface area contributed by atoms with Crippen LogP contribution in [0.4, 0.5) is 5.69 Å². The van der Waals surface area contributed by atoms with Crippen LogP contribution in [0.3, 0.4) is 0 Å². The molecule has 0 fully saturated rings. The number of ether oxygens (including phenoxy) is 2. The second kappa shape index (κ2) is 7.91. The highest BCUT2D eigenvalue weighted by Gasteiger charge is 2.21. The number of rotatable bonds is 7. The Labute approximate surface area is 163 Å². The van der Waals surface area contributed by atoms with Gasteiger partial charge in [-0.15, -0.1) is 0 Å². The Morgan fingerprint density at radius 1 is 1.14 bits per heavy atom. The van der Waals surface area contributed by atoms with E-state index in [9.17, 15) is 8.42 Å². The van der Waals surface area contributed by atoms with Crippen LogP contribution in [0.2, 0.25) is 0 Å². The molecule has 1 aromatic heterocycles. The van der Waals surface area contributed by atoms with Gasteiger partial charge in [0, 0.05) is 30.1 Å². The second-order valence-corrected chi connectivity index (χ2v) is 7.93. The molecular weight excluding hydrogens is 380 g/mol. The summed E-state index contributed by atoms with van der Waals surface area (Å²) in [6, 6.07) is 9.87. The van der Waals surface area contributed by atoms with E-state index in [1.807, 2.05) is 6.92 Å². The largest absolute Gasteiger partial charge is 0.497 e. The number of benzene rings is 2. The Bertz CT molecular complexity index is 1090. The number of methoxy groups -OCH3 is 2. The fourth-order valence-corrected chi connectivity index (χ4v) is 3.96. The smallest absolute Gasteiger partial charge is 0.243 e. The van der Waals surface area contributed by atoms with E-state index in [1.165, 1.54) is 17.9 Å². The molecule has 148 valence electrons. The highest BCUT2D eigenvalue weighted by atomic mass is 32.2. The van der Waals surface area contributed by atoms with Gasteiger partial charge in [-0.1, -0.05) is 6.07 Å². The van der Waals surface area contributed by atoms with E-state index >= 15 is 0 Å². The minimum Gasteiger partial charge on any atom is -0.497 e. The van der Waals surface area contributed by atoms with Crippen LogP contribution in [0, 0.1) is 6.92 Å². The van der Waals surface area contributed by atoms with Crippen molar-refractivity contribution < 1.29 is 17.9 Å². The lowest BCUT2D eigenvalue weighted by Gasteiger charge is -2.14. The monoisotopic (exact) mass is 402 g/mol. The Morgan fingerprint density at radius 2 is 1.93 bits per heavy atom. The summed E-state index contributed by atoms with van der Waals surface area (Å²) < 4.78 is 40.6. The Hall–Kier alpha value is -3.04. The molecule has 1 heterocycles. The first-order valence-electron chi connectivity index (χ1n) is 8.46. The van der Waals surface area contributed by atoms with Crippen LogP contribution < -0.4 is 19.9 Å². The predicted molar refractivity (Wildman–Crippen MR) is 106 cm³/mol. The molecule has 0 radical (unpaired) electrons. The highest BCUT2D eigenvalue weighted by molar-refractivity contribution is 7.89. The fourth-order valence-electron chi connectivity index (χ4n) is 2.73. The molecule has 3 rings (SSSR count). The third kappa shape index (κ3) is 4.10. The normalized spacial score (nSPS) is 11.4. The van der Waals surface area contributed by atoms with Crippen LogP contribution in [0.25, 0.3) is 5.69 Å². The van der Waals surface area contributed by atoms with E-state index < -0.39 is 10.0 Å². The average molecular weight is 402 g/mol. The van der Waals surface area contributed by atoms with Crippen LogP contribution in [0.1, 0.15) is 11.1 Å². The van der Waals surface area contributed by atoms with Crippen LogP contribution >= 0.6 is 0 Å². The molecule has 28 heavy (non-hydrogen) atoms. The summed E-state index contributed by atoms with van der Waals surface area (Å²) in [5.41, 5.74) is 8.18. The number of nitrogens with two attached hydrogens (primary N) is 1. The minimum atomic E-state index is -3.87. The lowest BCUT2D eigenvalue weighted by molar-refractivity contribution is 0.390. The van der Waals surface area contributed by atoms with Gasteiger partial charge < -0.3 is 15.2 Å². The number of nitrogen functional groups attached to an aromatic ring is 1. The van der Waals surface area contributed by atoms with Gasteiger partial charge in [0.1, 0.15) is 16.4 Å². The molecule has 0 atom stereocenters. The van der Waals surface area contributed by atoms with Gasteiger partial charge in [0.25, 0.3) is 0 Å². The zero-order valence-corrected chi connectivity index (χ0v) is 16.7. The van der Waals surface area contributed by atoms with E-state index in [0.29, 0.717) is 28.4 Å². The lowest BCUT2D eigenvalue weighted by atomic mass is 10.2. The Kier molecular flexibility index (Phi) is 5.57. The number of anilines is 1. The summed E-state index contributed by atoms with van der Waals surface area (Å²) in [4.78, 5) is 0.0445. The van der Waals surface area contributed by atoms with E-state index in [-0.39, 0.29) is 11.4 Å². The van der Waals surface area contributed by atoms with Crippen LogP contribution in [-0.2, 0) is 16.6 Å². The maximum atomic E-state index is 13.0. The second-order valence-electron chi connectivity index (χ2n) is 6.19. The number of aryl methyl sites for hydroxylation is 1. The molecule has 0 amide bonds. The zero-order valence-electron chi connectivity index (χ0n) is 15.8. The fraction of sp³-hybridized carbons (Fsp3) is 0.211. The number of nitrogens with one attached hydrogen (secondary N) is 1. The van der Waals surface area contributed by atoms with Crippen LogP contribution in [0.15, 0.2) is 53.7 Å². The number of hydrogen-bond donors (Lipinski definition) is 2. The zero-order chi connectivity index (χ0) is 20.3. The molecule has 3 aromatic rings. The molecule has 0 aliphatic rings. The van der Waals surface area contributed by atoms with Gasteiger partial charge in [-0.25, -0.2) is 17.8 Å². The van der Waals surface area contributed by atoms with Crippen molar-refractivity contribution in [3.63, 3.8) is 0 Å². The van der Waals surface area contributed by atoms with Gasteiger partial charge in [0.05, 0.1) is 26.1 Å². The number of sulfonamides is 1. The summed E-state index contributed by atoms with van der Waals surface area (Å²) in [6.07, 6.45) is 3.40. The summed E-state index contributed by atoms with van der Waals surface area (Å²) in [6.45, 7) is 1.92. The van der Waals surface area contributed by atoms with Crippen molar-refractivity contribution >= 4 is 15.7 Å². The topological polar surface area (TPSA) is 108 Å². The first-order chi connectivity index (χ1) is 13.3. The number of nitrogens with zero attached hydrogens (tertiary/aromatic N) is 2. The first-order valence-corrected chi connectivity index (χ1v) is 9.94. The average Bonchev–Trinajstić information content (AvgIpc) is 3.12. The summed E-state index contributed by atoms with van der Waals surface area (Å²) in [7, 11) is -0.801. The first kappa shape index (κ1) is 19.7. The molecule has 9 heteroatoms. The summed E-state index contributed by atoms with van der Waals surface area (Å²) in [5, 5.41) is 4.20. The van der Waals surface area contributed by atoms with Crippen molar-refractivity contribution in [1.29, 1.82) is 0 Å². The molecule has 0 saturated carbocycles. The van der Waals surface area contributed by atoms with Crippen molar-refractivity contribution in [3.05, 3.63) is 59.9 Å².